The Bertz CT molecular complexity index is 920. The highest BCUT2D eigenvalue weighted by Gasteiger charge is 2.34. The third-order valence-electron chi connectivity index (χ3n) is 4.65. The average Bonchev–Trinajstić information content (AvgIpc) is 3.05. The van der Waals surface area contributed by atoms with Gasteiger partial charge in [-0.3, -0.25) is 14.6 Å². The number of carbonyl (C=O) groups is 1. The van der Waals surface area contributed by atoms with Crippen LogP contribution in [0.15, 0.2) is 82.7 Å². The van der Waals surface area contributed by atoms with Crippen LogP contribution in [0.5, 0.6) is 0 Å². The number of thioether (sulfide) groups is 1. The van der Waals surface area contributed by atoms with Crippen LogP contribution in [0.25, 0.3) is 6.08 Å². The molecular formula is C23H23N3O2S. The molecule has 0 aromatic heterocycles. The molecule has 2 aliphatic heterocycles. The fraction of sp³-hybridized carbons (Fsp3) is 0.217. The second-order valence-electron chi connectivity index (χ2n) is 6.74. The number of hydrogen-bond donors (Lipinski definition) is 0. The predicted octanol–water partition coefficient (Wildman–Crippen LogP) is 4.14. The number of amidine groups is 1. The Balaban J connectivity index is 1.56. The molecule has 2 aromatic rings. The first kappa shape index (κ1) is 19.6. The van der Waals surface area contributed by atoms with E-state index in [0.717, 1.165) is 24.3 Å². The summed E-state index contributed by atoms with van der Waals surface area (Å²) in [4.78, 5) is 22.5. The van der Waals surface area contributed by atoms with Crippen LogP contribution in [-0.4, -0.2) is 53.8 Å². The molecule has 0 aliphatic carbocycles. The molecule has 2 aromatic carbocycles. The molecule has 0 spiro atoms. The molecule has 2 saturated heterocycles. The number of benzene rings is 2. The van der Waals surface area contributed by atoms with Gasteiger partial charge in [-0.2, -0.15) is 0 Å². The number of ether oxygens (including phenoxy) is 1. The highest BCUT2D eigenvalue weighted by Crippen LogP contribution is 2.33. The fourth-order valence-electron chi connectivity index (χ4n) is 3.10. The number of morpholine rings is 1. The van der Waals surface area contributed by atoms with Gasteiger partial charge in [0.1, 0.15) is 0 Å². The van der Waals surface area contributed by atoms with Gasteiger partial charge in [0.15, 0.2) is 5.17 Å². The van der Waals surface area contributed by atoms with Crippen molar-refractivity contribution in [2.24, 2.45) is 4.99 Å². The molecule has 0 atom stereocenters. The second kappa shape index (κ2) is 9.69. The largest absolute Gasteiger partial charge is 0.379 e. The molecule has 0 saturated carbocycles. The van der Waals surface area contributed by atoms with E-state index in [1.54, 1.807) is 4.90 Å². The van der Waals surface area contributed by atoms with Crippen LogP contribution in [0.4, 0.5) is 5.69 Å². The van der Waals surface area contributed by atoms with E-state index in [0.29, 0.717) is 30.0 Å². The summed E-state index contributed by atoms with van der Waals surface area (Å²) in [6.07, 6.45) is 5.80. The van der Waals surface area contributed by atoms with Gasteiger partial charge in [0.05, 0.1) is 30.5 Å². The molecule has 1 amide bonds. The maximum Gasteiger partial charge on any atom is 0.267 e. The highest BCUT2D eigenvalue weighted by molar-refractivity contribution is 8.18. The van der Waals surface area contributed by atoms with E-state index in [9.17, 15) is 4.79 Å². The van der Waals surface area contributed by atoms with Crippen molar-refractivity contribution in [2.75, 3.05) is 33.0 Å². The summed E-state index contributed by atoms with van der Waals surface area (Å²) < 4.78 is 5.43. The second-order valence-corrected chi connectivity index (χ2v) is 7.75. The Morgan fingerprint density at radius 2 is 1.69 bits per heavy atom. The van der Waals surface area contributed by atoms with Gasteiger partial charge in [-0.25, -0.2) is 4.99 Å². The Kier molecular flexibility index (Phi) is 6.56. The van der Waals surface area contributed by atoms with Gasteiger partial charge < -0.3 is 4.74 Å². The minimum atomic E-state index is -0.00566. The van der Waals surface area contributed by atoms with Gasteiger partial charge in [0.25, 0.3) is 5.91 Å². The number of allylic oxidation sites excluding steroid dienone is 2. The summed E-state index contributed by atoms with van der Waals surface area (Å²) in [6, 6.07) is 19.8. The Morgan fingerprint density at radius 1 is 1.00 bits per heavy atom. The molecule has 2 aliphatic rings. The van der Waals surface area contributed by atoms with Crippen LogP contribution in [0, 0.1) is 0 Å². The lowest BCUT2D eigenvalue weighted by atomic mass is 10.2. The monoisotopic (exact) mass is 405 g/mol. The summed E-state index contributed by atoms with van der Waals surface area (Å²) >= 11 is 1.42. The van der Waals surface area contributed by atoms with E-state index >= 15 is 0 Å². The molecule has 148 valence electrons. The summed E-state index contributed by atoms with van der Waals surface area (Å²) in [7, 11) is 0. The van der Waals surface area contributed by atoms with Crippen molar-refractivity contribution in [2.45, 2.75) is 0 Å². The Hall–Kier alpha value is -2.67. The summed E-state index contributed by atoms with van der Waals surface area (Å²) in [6.45, 7) is 3.56. The third-order valence-corrected chi connectivity index (χ3v) is 5.67. The Labute approximate surface area is 175 Å². The van der Waals surface area contributed by atoms with E-state index < -0.39 is 0 Å². The molecule has 4 rings (SSSR count). The molecular weight excluding hydrogens is 382 g/mol. The van der Waals surface area contributed by atoms with E-state index in [4.69, 9.17) is 9.73 Å². The highest BCUT2D eigenvalue weighted by atomic mass is 32.2. The average molecular weight is 406 g/mol. The van der Waals surface area contributed by atoms with Crippen LogP contribution in [0.1, 0.15) is 5.56 Å². The van der Waals surface area contributed by atoms with Gasteiger partial charge in [-0.1, -0.05) is 60.7 Å². The van der Waals surface area contributed by atoms with Gasteiger partial charge in [-0.15, -0.1) is 0 Å². The van der Waals surface area contributed by atoms with Gasteiger partial charge in [0.2, 0.25) is 0 Å². The number of rotatable bonds is 5. The van der Waals surface area contributed by atoms with Crippen LogP contribution < -0.4 is 0 Å². The molecule has 2 heterocycles. The number of hydrogen-bond acceptors (Lipinski definition) is 5. The van der Waals surface area contributed by atoms with Crippen molar-refractivity contribution in [3.05, 3.63) is 83.3 Å². The number of aliphatic imine (C=N–C) groups is 1. The first-order valence-electron chi connectivity index (χ1n) is 9.66. The molecule has 5 nitrogen and oxygen atoms in total. The molecule has 6 heteroatoms. The summed E-state index contributed by atoms with van der Waals surface area (Å²) in [5.41, 5.74) is 1.94. The normalized spacial score (nSPS) is 21.0. The zero-order valence-electron chi connectivity index (χ0n) is 16.1. The smallest absolute Gasteiger partial charge is 0.267 e. The minimum Gasteiger partial charge on any atom is -0.379 e. The zero-order valence-corrected chi connectivity index (χ0v) is 16.9. The van der Waals surface area contributed by atoms with Crippen LogP contribution in [0.3, 0.4) is 0 Å². The van der Waals surface area contributed by atoms with Crippen LogP contribution >= 0.6 is 11.8 Å². The van der Waals surface area contributed by atoms with E-state index in [1.165, 1.54) is 11.8 Å². The molecule has 0 bridgehead atoms. The third kappa shape index (κ3) is 5.23. The van der Waals surface area contributed by atoms with E-state index in [-0.39, 0.29) is 5.91 Å². The predicted molar refractivity (Wildman–Crippen MR) is 119 cm³/mol. The standard InChI is InChI=1S/C23H23N3O2S/c27-22-21(13-7-10-19-8-3-1-4-9-19)29-23(24-20-11-5-2-6-12-20)26(22)18-25-14-16-28-17-15-25/h1-13H,14-18H2/b10-7+,21-13-,24-23?. The lowest BCUT2D eigenvalue weighted by molar-refractivity contribution is -0.124. The number of carbonyl (C=O) groups excluding carboxylic acids is 1. The number of amides is 1. The van der Waals surface area contributed by atoms with Crippen molar-refractivity contribution < 1.29 is 9.53 Å². The quantitative estimate of drug-likeness (QED) is 0.702. The van der Waals surface area contributed by atoms with Crippen LogP contribution in [0.2, 0.25) is 0 Å². The van der Waals surface area contributed by atoms with Crippen molar-refractivity contribution in [1.29, 1.82) is 0 Å². The minimum absolute atomic E-state index is 0.00566. The molecule has 2 fully saturated rings. The molecule has 0 unspecified atom stereocenters. The lowest BCUT2D eigenvalue weighted by Gasteiger charge is -2.30. The Morgan fingerprint density at radius 3 is 2.41 bits per heavy atom. The van der Waals surface area contributed by atoms with Crippen LogP contribution in [-0.2, 0) is 9.53 Å². The topological polar surface area (TPSA) is 45.1 Å². The first-order valence-corrected chi connectivity index (χ1v) is 10.5. The van der Waals surface area contributed by atoms with E-state index in [1.807, 2.05) is 78.9 Å². The molecule has 0 radical (unpaired) electrons. The zero-order chi connectivity index (χ0) is 19.9. The number of para-hydroxylation sites is 1. The maximum atomic E-state index is 13.1. The summed E-state index contributed by atoms with van der Waals surface area (Å²) in [5, 5.41) is 0.715. The van der Waals surface area contributed by atoms with Gasteiger partial charge in [0, 0.05) is 13.1 Å². The lowest BCUT2D eigenvalue weighted by Crippen LogP contribution is -2.45. The van der Waals surface area contributed by atoms with Crippen molar-refractivity contribution >= 4 is 34.6 Å². The maximum absolute atomic E-state index is 13.1. The van der Waals surface area contributed by atoms with Gasteiger partial charge >= 0.3 is 0 Å². The number of nitrogens with zero attached hydrogens (tertiary/aromatic N) is 3. The first-order chi connectivity index (χ1) is 14.3. The van der Waals surface area contributed by atoms with E-state index in [2.05, 4.69) is 4.90 Å². The fourth-order valence-corrected chi connectivity index (χ4v) is 4.04. The van der Waals surface area contributed by atoms with Gasteiger partial charge in [-0.05, 0) is 35.5 Å². The SMILES string of the molecule is O=C1/C(=C/C=C/c2ccccc2)SC(=Nc2ccccc2)N1CN1CCOCC1. The van der Waals surface area contributed by atoms with Crippen molar-refractivity contribution in [1.82, 2.24) is 9.80 Å². The van der Waals surface area contributed by atoms with Crippen molar-refractivity contribution in [3.8, 4) is 0 Å². The molecule has 29 heavy (non-hydrogen) atoms. The summed E-state index contributed by atoms with van der Waals surface area (Å²) in [5.74, 6) is -0.00566. The molecule has 0 N–H and O–H groups in total. The van der Waals surface area contributed by atoms with Crippen molar-refractivity contribution in [3.63, 3.8) is 0 Å².